The van der Waals surface area contributed by atoms with E-state index in [9.17, 15) is 9.90 Å². The second-order valence-corrected chi connectivity index (χ2v) is 4.51. The highest BCUT2D eigenvalue weighted by Crippen LogP contribution is 2.20. The normalized spacial score (nSPS) is 17.1. The molecule has 1 aromatic rings. The number of carbonyl (C=O) groups is 1. The third-order valence-electron chi connectivity index (χ3n) is 3.16. The van der Waals surface area contributed by atoms with Crippen molar-refractivity contribution in [2.75, 3.05) is 19.6 Å². The van der Waals surface area contributed by atoms with Crippen LogP contribution in [0.4, 0.5) is 4.79 Å². The number of hydrogen-bond acceptors (Lipinski definition) is 4. The van der Waals surface area contributed by atoms with E-state index in [4.69, 9.17) is 10.5 Å². The number of ether oxygens (including phenoxy) is 1. The van der Waals surface area contributed by atoms with Gasteiger partial charge in [0.05, 0.1) is 6.10 Å². The molecular weight excluding hydrogens is 232 g/mol. The van der Waals surface area contributed by atoms with Crippen LogP contribution in [0.25, 0.3) is 0 Å². The number of benzene rings is 1. The van der Waals surface area contributed by atoms with E-state index in [0.29, 0.717) is 13.1 Å². The van der Waals surface area contributed by atoms with Crippen LogP contribution in [0.1, 0.15) is 5.56 Å². The number of aliphatic hydroxyl groups is 1. The maximum absolute atomic E-state index is 11.6. The van der Waals surface area contributed by atoms with Crippen molar-refractivity contribution in [3.63, 3.8) is 0 Å². The smallest absolute Gasteiger partial charge is 0.410 e. The van der Waals surface area contributed by atoms with Crippen LogP contribution in [-0.2, 0) is 11.3 Å². The lowest BCUT2D eigenvalue weighted by molar-refractivity contribution is -0.00378. The van der Waals surface area contributed by atoms with Gasteiger partial charge in [0, 0.05) is 25.6 Å². The lowest BCUT2D eigenvalue weighted by Crippen LogP contribution is -2.55. The van der Waals surface area contributed by atoms with Gasteiger partial charge in [0.2, 0.25) is 0 Å². The van der Waals surface area contributed by atoms with E-state index >= 15 is 0 Å². The fraction of sp³-hybridized carbons (Fsp3) is 0.462. The van der Waals surface area contributed by atoms with Gasteiger partial charge in [0.25, 0.3) is 0 Å². The first kappa shape index (κ1) is 12.9. The molecule has 1 unspecified atom stereocenters. The van der Waals surface area contributed by atoms with E-state index in [1.807, 2.05) is 30.3 Å². The van der Waals surface area contributed by atoms with Crippen LogP contribution >= 0.6 is 0 Å². The van der Waals surface area contributed by atoms with E-state index in [1.165, 1.54) is 0 Å². The average molecular weight is 250 g/mol. The first-order chi connectivity index (χ1) is 8.70. The molecule has 1 fully saturated rings. The quantitative estimate of drug-likeness (QED) is 0.819. The van der Waals surface area contributed by atoms with Gasteiger partial charge in [0.1, 0.15) is 6.61 Å². The first-order valence-corrected chi connectivity index (χ1v) is 6.04. The minimum atomic E-state index is -0.525. The second kappa shape index (κ2) is 5.84. The number of aliphatic hydroxyl groups excluding tert-OH is 1. The zero-order chi connectivity index (χ0) is 13.0. The van der Waals surface area contributed by atoms with Crippen molar-refractivity contribution >= 4 is 6.09 Å². The lowest BCUT2D eigenvalue weighted by atomic mass is 9.94. The van der Waals surface area contributed by atoms with Crippen molar-refractivity contribution in [3.8, 4) is 0 Å². The minimum Gasteiger partial charge on any atom is -0.445 e. The predicted octanol–water partition coefficient (Wildman–Crippen LogP) is 0.575. The molecule has 1 atom stereocenters. The SMILES string of the molecule is NCC(O)C1CN(C(=O)OCc2ccccc2)C1. The van der Waals surface area contributed by atoms with Crippen LogP contribution in [0, 0.1) is 5.92 Å². The number of likely N-dealkylation sites (tertiary alicyclic amines) is 1. The van der Waals surface area contributed by atoms with Crippen LogP contribution in [0.5, 0.6) is 0 Å². The largest absolute Gasteiger partial charge is 0.445 e. The van der Waals surface area contributed by atoms with Crippen molar-refractivity contribution in [2.24, 2.45) is 11.7 Å². The number of carbonyl (C=O) groups excluding carboxylic acids is 1. The molecule has 3 N–H and O–H groups in total. The van der Waals surface area contributed by atoms with Gasteiger partial charge in [-0.25, -0.2) is 4.79 Å². The van der Waals surface area contributed by atoms with E-state index in [-0.39, 0.29) is 25.2 Å². The Morgan fingerprint density at radius 3 is 2.72 bits per heavy atom. The van der Waals surface area contributed by atoms with Gasteiger partial charge in [-0.2, -0.15) is 0 Å². The maximum atomic E-state index is 11.6. The minimum absolute atomic E-state index is 0.0827. The topological polar surface area (TPSA) is 75.8 Å². The Hall–Kier alpha value is -1.59. The molecule has 1 aromatic carbocycles. The summed E-state index contributed by atoms with van der Waals surface area (Å²) in [6.45, 7) is 1.55. The fourth-order valence-corrected chi connectivity index (χ4v) is 1.91. The highest BCUT2D eigenvalue weighted by atomic mass is 16.6. The van der Waals surface area contributed by atoms with Crippen molar-refractivity contribution in [1.82, 2.24) is 4.90 Å². The molecule has 1 amide bonds. The summed E-state index contributed by atoms with van der Waals surface area (Å²) in [5, 5.41) is 9.48. The van der Waals surface area contributed by atoms with Gasteiger partial charge in [-0.05, 0) is 5.56 Å². The van der Waals surface area contributed by atoms with Gasteiger partial charge in [0.15, 0.2) is 0 Å². The number of hydrogen-bond donors (Lipinski definition) is 2. The highest BCUT2D eigenvalue weighted by Gasteiger charge is 2.35. The molecule has 98 valence electrons. The Labute approximate surface area is 106 Å². The molecular formula is C13H18N2O3. The van der Waals surface area contributed by atoms with Crippen LogP contribution in [0.3, 0.4) is 0 Å². The van der Waals surface area contributed by atoms with Gasteiger partial charge in [-0.15, -0.1) is 0 Å². The van der Waals surface area contributed by atoms with Crippen molar-refractivity contribution in [1.29, 1.82) is 0 Å². The number of rotatable bonds is 4. The van der Waals surface area contributed by atoms with Gasteiger partial charge in [-0.1, -0.05) is 30.3 Å². The monoisotopic (exact) mass is 250 g/mol. The molecule has 18 heavy (non-hydrogen) atoms. The Kier molecular flexibility index (Phi) is 4.17. The van der Waals surface area contributed by atoms with E-state index in [0.717, 1.165) is 5.56 Å². The summed E-state index contributed by atoms with van der Waals surface area (Å²) in [5.41, 5.74) is 6.32. The molecule has 0 aromatic heterocycles. The molecule has 0 bridgehead atoms. The summed E-state index contributed by atoms with van der Waals surface area (Å²) in [6.07, 6.45) is -0.859. The summed E-state index contributed by atoms with van der Waals surface area (Å²) in [6, 6.07) is 9.54. The molecule has 2 rings (SSSR count). The lowest BCUT2D eigenvalue weighted by Gasteiger charge is -2.40. The Morgan fingerprint density at radius 1 is 1.44 bits per heavy atom. The molecule has 1 heterocycles. The van der Waals surface area contributed by atoms with Crippen LogP contribution in [0.15, 0.2) is 30.3 Å². The fourth-order valence-electron chi connectivity index (χ4n) is 1.91. The van der Waals surface area contributed by atoms with Crippen LogP contribution < -0.4 is 5.73 Å². The highest BCUT2D eigenvalue weighted by molar-refractivity contribution is 5.68. The molecule has 0 aliphatic carbocycles. The summed E-state index contributed by atoms with van der Waals surface area (Å²) >= 11 is 0. The summed E-state index contributed by atoms with van der Waals surface area (Å²) in [4.78, 5) is 13.2. The second-order valence-electron chi connectivity index (χ2n) is 4.51. The maximum Gasteiger partial charge on any atom is 0.410 e. The zero-order valence-corrected chi connectivity index (χ0v) is 10.2. The van der Waals surface area contributed by atoms with Crippen LogP contribution in [-0.4, -0.2) is 41.8 Å². The van der Waals surface area contributed by atoms with Gasteiger partial charge >= 0.3 is 6.09 Å². The summed E-state index contributed by atoms with van der Waals surface area (Å²) in [7, 11) is 0. The van der Waals surface area contributed by atoms with Crippen molar-refractivity contribution in [3.05, 3.63) is 35.9 Å². The van der Waals surface area contributed by atoms with Crippen LogP contribution in [0.2, 0.25) is 0 Å². The molecule has 1 aliphatic rings. The number of nitrogens with zero attached hydrogens (tertiary/aromatic N) is 1. The molecule has 0 radical (unpaired) electrons. The van der Waals surface area contributed by atoms with E-state index in [2.05, 4.69) is 0 Å². The van der Waals surface area contributed by atoms with Crippen molar-refractivity contribution in [2.45, 2.75) is 12.7 Å². The van der Waals surface area contributed by atoms with Crippen molar-refractivity contribution < 1.29 is 14.6 Å². The third kappa shape index (κ3) is 3.00. The molecule has 0 spiro atoms. The zero-order valence-electron chi connectivity index (χ0n) is 10.2. The Morgan fingerprint density at radius 2 is 2.11 bits per heavy atom. The summed E-state index contributed by atoms with van der Waals surface area (Å²) < 4.78 is 5.17. The Bertz CT molecular complexity index is 390. The molecule has 5 nitrogen and oxygen atoms in total. The van der Waals surface area contributed by atoms with Gasteiger partial charge < -0.3 is 20.5 Å². The van der Waals surface area contributed by atoms with E-state index in [1.54, 1.807) is 4.90 Å². The first-order valence-electron chi connectivity index (χ1n) is 6.04. The average Bonchev–Trinajstić information content (AvgIpc) is 2.35. The molecule has 5 heteroatoms. The summed E-state index contributed by atoms with van der Waals surface area (Å²) in [5.74, 6) is 0.0827. The standard InChI is InChI=1S/C13H18N2O3/c14-6-12(16)11-7-15(8-11)13(17)18-9-10-4-2-1-3-5-10/h1-5,11-12,16H,6-9,14H2. The number of amides is 1. The number of nitrogens with two attached hydrogens (primary N) is 1. The Balaban J connectivity index is 1.71. The predicted molar refractivity (Wildman–Crippen MR) is 66.8 cm³/mol. The molecule has 0 saturated carbocycles. The molecule has 1 aliphatic heterocycles. The molecule has 1 saturated heterocycles. The van der Waals surface area contributed by atoms with Gasteiger partial charge in [-0.3, -0.25) is 0 Å². The van der Waals surface area contributed by atoms with E-state index < -0.39 is 6.10 Å². The third-order valence-corrected chi connectivity index (χ3v) is 3.16.